The van der Waals surface area contributed by atoms with Crippen LogP contribution in [-0.4, -0.2) is 26.8 Å². The molecule has 0 bridgehead atoms. The van der Waals surface area contributed by atoms with Crippen molar-refractivity contribution in [1.82, 2.24) is 5.48 Å². The predicted octanol–water partition coefficient (Wildman–Crippen LogP) is 0.679. The molecule has 1 aromatic carbocycles. The molecule has 15 heavy (non-hydrogen) atoms. The summed E-state index contributed by atoms with van der Waals surface area (Å²) in [6.07, 6.45) is 0. The van der Waals surface area contributed by atoms with Crippen LogP contribution in [0.2, 0.25) is 0 Å². The van der Waals surface area contributed by atoms with Gasteiger partial charge in [0.05, 0.1) is 11.5 Å². The van der Waals surface area contributed by atoms with E-state index in [1.54, 1.807) is 12.1 Å². The Hall–Kier alpha value is -0.950. The fourth-order valence-electron chi connectivity index (χ4n) is 0.970. The third-order valence-corrected chi connectivity index (χ3v) is 3.09. The lowest BCUT2D eigenvalue weighted by atomic mass is 10.2. The van der Waals surface area contributed by atoms with Crippen molar-refractivity contribution in [2.45, 2.75) is 11.8 Å². The Morgan fingerprint density at radius 2 is 1.93 bits per heavy atom. The van der Waals surface area contributed by atoms with Crippen LogP contribution in [0.5, 0.6) is 0 Å². The lowest BCUT2D eigenvalue weighted by Crippen LogP contribution is -2.18. The van der Waals surface area contributed by atoms with Crippen LogP contribution in [0, 0.1) is 6.92 Å². The highest BCUT2D eigenvalue weighted by molar-refractivity contribution is 7.86. The van der Waals surface area contributed by atoms with E-state index in [1.165, 1.54) is 12.1 Å². The summed E-state index contributed by atoms with van der Waals surface area (Å²) >= 11 is 0. The highest BCUT2D eigenvalue weighted by Gasteiger charge is 2.13. The highest BCUT2D eigenvalue weighted by atomic mass is 32.2. The van der Waals surface area contributed by atoms with Crippen molar-refractivity contribution in [3.05, 3.63) is 29.8 Å². The maximum Gasteiger partial charge on any atom is 0.297 e. The number of aryl methyl sites for hydroxylation is 1. The average Bonchev–Trinajstić information content (AvgIpc) is 2.18. The van der Waals surface area contributed by atoms with Crippen molar-refractivity contribution in [3.63, 3.8) is 0 Å². The molecule has 0 heterocycles. The smallest absolute Gasteiger partial charge is 0.297 e. The van der Waals surface area contributed by atoms with Gasteiger partial charge in [-0.3, -0.25) is 4.18 Å². The number of hydroxylamine groups is 1. The highest BCUT2D eigenvalue weighted by Crippen LogP contribution is 2.12. The van der Waals surface area contributed by atoms with E-state index < -0.39 is 10.1 Å². The molecular formula is C9H13NO4S. The van der Waals surface area contributed by atoms with Crippen molar-refractivity contribution < 1.29 is 17.8 Å². The van der Waals surface area contributed by atoms with Gasteiger partial charge in [-0.25, -0.2) is 5.48 Å². The molecule has 0 aliphatic rings. The lowest BCUT2D eigenvalue weighted by Gasteiger charge is -2.04. The van der Waals surface area contributed by atoms with Gasteiger partial charge in [-0.15, -0.1) is 0 Å². The van der Waals surface area contributed by atoms with Crippen molar-refractivity contribution in [2.24, 2.45) is 0 Å². The third kappa shape index (κ3) is 3.60. The summed E-state index contributed by atoms with van der Waals surface area (Å²) < 4.78 is 27.6. The molecule has 0 saturated heterocycles. The Kier molecular flexibility index (Phi) is 4.22. The molecule has 0 unspecified atom stereocenters. The Balaban J connectivity index is 2.73. The first-order chi connectivity index (χ1) is 7.06. The molecule has 0 radical (unpaired) electrons. The second-order valence-corrected chi connectivity index (χ2v) is 4.61. The fraction of sp³-hybridized carbons (Fsp3) is 0.333. The third-order valence-electron chi connectivity index (χ3n) is 1.76. The normalized spacial score (nSPS) is 11.6. The van der Waals surface area contributed by atoms with Gasteiger partial charge >= 0.3 is 0 Å². The monoisotopic (exact) mass is 231 g/mol. The van der Waals surface area contributed by atoms with Gasteiger partial charge < -0.3 is 5.21 Å². The Labute approximate surface area is 88.8 Å². The van der Waals surface area contributed by atoms with Gasteiger partial charge in [0, 0.05) is 6.54 Å². The molecule has 0 fully saturated rings. The Morgan fingerprint density at radius 1 is 1.33 bits per heavy atom. The van der Waals surface area contributed by atoms with Crippen LogP contribution in [0.4, 0.5) is 0 Å². The second-order valence-electron chi connectivity index (χ2n) is 3.00. The van der Waals surface area contributed by atoms with E-state index in [0.717, 1.165) is 5.56 Å². The van der Waals surface area contributed by atoms with Crippen molar-refractivity contribution in [1.29, 1.82) is 0 Å². The predicted molar refractivity (Wildman–Crippen MR) is 54.1 cm³/mol. The maximum absolute atomic E-state index is 11.5. The largest absolute Gasteiger partial charge is 0.317 e. The number of hydrogen-bond donors (Lipinski definition) is 2. The summed E-state index contributed by atoms with van der Waals surface area (Å²) in [5.41, 5.74) is 2.79. The van der Waals surface area contributed by atoms with Gasteiger partial charge in [0.1, 0.15) is 0 Å². The number of hydrogen-bond acceptors (Lipinski definition) is 5. The number of nitrogens with one attached hydrogen (secondary N) is 1. The van der Waals surface area contributed by atoms with Crippen LogP contribution >= 0.6 is 0 Å². The van der Waals surface area contributed by atoms with Crippen molar-refractivity contribution in [2.75, 3.05) is 13.2 Å². The first-order valence-corrected chi connectivity index (χ1v) is 5.80. The van der Waals surface area contributed by atoms with Crippen LogP contribution in [0.1, 0.15) is 5.56 Å². The molecule has 1 aromatic rings. The maximum atomic E-state index is 11.5. The molecule has 0 saturated carbocycles. The Morgan fingerprint density at radius 3 is 2.47 bits per heavy atom. The van der Waals surface area contributed by atoms with Gasteiger partial charge in [-0.05, 0) is 19.1 Å². The van der Waals surface area contributed by atoms with E-state index in [2.05, 4.69) is 4.18 Å². The first kappa shape index (κ1) is 12.1. The van der Waals surface area contributed by atoms with Crippen LogP contribution in [0.15, 0.2) is 29.2 Å². The SMILES string of the molecule is Cc1ccc(S(=O)(=O)OCCNO)cc1. The fourth-order valence-corrected chi connectivity index (χ4v) is 1.88. The van der Waals surface area contributed by atoms with Crippen molar-refractivity contribution >= 4 is 10.1 Å². The quantitative estimate of drug-likeness (QED) is 0.443. The van der Waals surface area contributed by atoms with Crippen LogP contribution < -0.4 is 5.48 Å². The summed E-state index contributed by atoms with van der Waals surface area (Å²) in [5, 5.41) is 8.25. The summed E-state index contributed by atoms with van der Waals surface area (Å²) in [4.78, 5) is 0.117. The zero-order chi connectivity index (χ0) is 11.3. The zero-order valence-electron chi connectivity index (χ0n) is 8.30. The molecule has 6 heteroatoms. The van der Waals surface area contributed by atoms with E-state index in [-0.39, 0.29) is 18.0 Å². The van der Waals surface area contributed by atoms with E-state index in [0.29, 0.717) is 0 Å². The minimum Gasteiger partial charge on any atom is -0.317 e. The molecule has 0 amide bonds. The van der Waals surface area contributed by atoms with E-state index in [4.69, 9.17) is 5.21 Å². The summed E-state index contributed by atoms with van der Waals surface area (Å²) in [5.74, 6) is 0. The molecule has 0 aliphatic carbocycles. The second kappa shape index (κ2) is 5.22. The topological polar surface area (TPSA) is 75.6 Å². The molecular weight excluding hydrogens is 218 g/mol. The lowest BCUT2D eigenvalue weighted by molar-refractivity contribution is 0.147. The van der Waals surface area contributed by atoms with Gasteiger partial charge in [0.25, 0.3) is 10.1 Å². The van der Waals surface area contributed by atoms with Gasteiger partial charge in [-0.1, -0.05) is 17.7 Å². The van der Waals surface area contributed by atoms with Crippen LogP contribution in [-0.2, 0) is 14.3 Å². The van der Waals surface area contributed by atoms with Crippen molar-refractivity contribution in [3.8, 4) is 0 Å². The molecule has 5 nitrogen and oxygen atoms in total. The molecule has 84 valence electrons. The average molecular weight is 231 g/mol. The minimum atomic E-state index is -3.70. The van der Waals surface area contributed by atoms with Gasteiger partial charge in [0.15, 0.2) is 0 Å². The van der Waals surface area contributed by atoms with E-state index >= 15 is 0 Å². The number of rotatable bonds is 5. The molecule has 0 atom stereocenters. The summed E-state index contributed by atoms with van der Waals surface area (Å²) in [7, 11) is -3.70. The minimum absolute atomic E-state index is 0.0606. The standard InChI is InChI=1S/C9H13NO4S/c1-8-2-4-9(5-3-8)15(12,13)14-7-6-10-11/h2-5,10-11H,6-7H2,1H3. The van der Waals surface area contributed by atoms with Crippen LogP contribution in [0.25, 0.3) is 0 Å². The zero-order valence-corrected chi connectivity index (χ0v) is 9.12. The van der Waals surface area contributed by atoms with Gasteiger partial charge in [0.2, 0.25) is 0 Å². The number of benzene rings is 1. The molecule has 0 aliphatic heterocycles. The molecule has 0 spiro atoms. The summed E-state index contributed by atoms with van der Waals surface area (Å²) in [6.45, 7) is 1.82. The molecule has 0 aromatic heterocycles. The molecule has 2 N–H and O–H groups in total. The molecule has 1 rings (SSSR count). The Bertz CT molecular complexity index is 399. The van der Waals surface area contributed by atoms with Crippen LogP contribution in [0.3, 0.4) is 0 Å². The van der Waals surface area contributed by atoms with E-state index in [9.17, 15) is 8.42 Å². The van der Waals surface area contributed by atoms with Gasteiger partial charge in [-0.2, -0.15) is 8.42 Å². The van der Waals surface area contributed by atoms with E-state index in [1.807, 2.05) is 12.4 Å². The summed E-state index contributed by atoms with van der Waals surface area (Å²) in [6, 6.07) is 6.36. The first-order valence-electron chi connectivity index (χ1n) is 4.39.